The minimum atomic E-state index is -0.825. The molecule has 178 valence electrons. The summed E-state index contributed by atoms with van der Waals surface area (Å²) in [6.45, 7) is 4.76. The lowest BCUT2D eigenvalue weighted by Crippen LogP contribution is -2.48. The zero-order valence-electron chi connectivity index (χ0n) is 19.4. The van der Waals surface area contributed by atoms with Crippen molar-refractivity contribution in [2.75, 3.05) is 19.7 Å². The molecule has 1 saturated carbocycles. The highest BCUT2D eigenvalue weighted by Gasteiger charge is 2.57. The van der Waals surface area contributed by atoms with E-state index in [0.717, 1.165) is 17.5 Å². The molecule has 4 atom stereocenters. The molecule has 2 aliphatic carbocycles. The number of amides is 2. The molecule has 3 fully saturated rings. The molecule has 0 aromatic heterocycles. The Morgan fingerprint density at radius 2 is 1.68 bits per heavy atom. The second kappa shape index (κ2) is 8.78. The Morgan fingerprint density at radius 1 is 1.06 bits per heavy atom. The maximum atomic E-state index is 13.2. The van der Waals surface area contributed by atoms with Crippen LogP contribution in [-0.4, -0.2) is 53.7 Å². The van der Waals surface area contributed by atoms with Crippen molar-refractivity contribution >= 4 is 18.0 Å². The summed E-state index contributed by atoms with van der Waals surface area (Å²) in [5.74, 6) is -1.75. The quantitative estimate of drug-likeness (QED) is 0.654. The molecule has 4 aliphatic rings. The van der Waals surface area contributed by atoms with Crippen LogP contribution >= 0.6 is 0 Å². The number of nitrogens with zero attached hydrogens (tertiary/aromatic N) is 1. The number of carboxylic acid groups (broad SMARTS) is 1. The van der Waals surface area contributed by atoms with E-state index in [0.29, 0.717) is 6.54 Å². The van der Waals surface area contributed by atoms with Crippen LogP contribution < -0.4 is 5.32 Å². The fourth-order valence-corrected chi connectivity index (χ4v) is 5.90. The molecular formula is C27H30N2O5. The number of carboxylic acids is 1. The Kier molecular flexibility index (Phi) is 5.80. The van der Waals surface area contributed by atoms with Crippen LogP contribution in [0.15, 0.2) is 48.5 Å². The van der Waals surface area contributed by atoms with Gasteiger partial charge in [0.1, 0.15) is 6.61 Å². The van der Waals surface area contributed by atoms with Crippen molar-refractivity contribution in [3.05, 3.63) is 59.7 Å². The lowest BCUT2D eigenvalue weighted by molar-refractivity contribution is -0.149. The number of hydrogen-bond acceptors (Lipinski definition) is 4. The van der Waals surface area contributed by atoms with E-state index in [4.69, 9.17) is 4.74 Å². The molecule has 6 rings (SSSR count). The van der Waals surface area contributed by atoms with E-state index in [1.54, 1.807) is 4.90 Å². The minimum absolute atomic E-state index is 0.00228. The number of fused-ring (bicyclic) bond motifs is 4. The fraction of sp³-hybridized carbons (Fsp3) is 0.444. The monoisotopic (exact) mass is 462 g/mol. The summed E-state index contributed by atoms with van der Waals surface area (Å²) in [6.07, 6.45) is 0.210. The highest BCUT2D eigenvalue weighted by Crippen LogP contribution is 2.47. The van der Waals surface area contributed by atoms with Gasteiger partial charge in [0, 0.05) is 25.0 Å². The number of benzene rings is 2. The van der Waals surface area contributed by atoms with Gasteiger partial charge in [-0.2, -0.15) is 0 Å². The molecule has 2 heterocycles. The summed E-state index contributed by atoms with van der Waals surface area (Å²) < 4.78 is 5.60. The summed E-state index contributed by atoms with van der Waals surface area (Å²) in [6, 6.07) is 16.1. The number of ether oxygens (including phenoxy) is 1. The van der Waals surface area contributed by atoms with Gasteiger partial charge >= 0.3 is 12.1 Å². The van der Waals surface area contributed by atoms with Gasteiger partial charge in [-0.25, -0.2) is 4.79 Å². The summed E-state index contributed by atoms with van der Waals surface area (Å²) in [7, 11) is 0. The lowest BCUT2D eigenvalue weighted by Gasteiger charge is -2.34. The summed E-state index contributed by atoms with van der Waals surface area (Å²) in [5, 5.41) is 12.2. The predicted octanol–water partition coefficient (Wildman–Crippen LogP) is 3.73. The zero-order chi connectivity index (χ0) is 24.0. The standard InChI is InChI=1S/C27H30N2O5/c1-15(2)21(25(30)29-13-16-11-23(29)24(16)26(31)32)12-28-27(33)34-14-22-19-9-5-3-7-17(19)18-8-4-6-10-20(18)22/h3-10,15-16,21-24H,11-14H2,1-2H3,(H,28,33)(H,31,32). The molecule has 2 saturated heterocycles. The molecule has 2 aliphatic heterocycles. The van der Waals surface area contributed by atoms with E-state index >= 15 is 0 Å². The van der Waals surface area contributed by atoms with E-state index < -0.39 is 23.9 Å². The summed E-state index contributed by atoms with van der Waals surface area (Å²) in [5.41, 5.74) is 4.63. The van der Waals surface area contributed by atoms with Crippen LogP contribution in [-0.2, 0) is 14.3 Å². The number of hydrogen-bond donors (Lipinski definition) is 2. The number of aliphatic carboxylic acids is 1. The Bertz CT molecular complexity index is 1080. The predicted molar refractivity (Wildman–Crippen MR) is 126 cm³/mol. The summed E-state index contributed by atoms with van der Waals surface area (Å²) >= 11 is 0. The maximum Gasteiger partial charge on any atom is 0.407 e. The normalized spacial score (nSPS) is 23.1. The number of carbonyl (C=O) groups is 3. The lowest BCUT2D eigenvalue weighted by atomic mass is 9.74. The first-order valence-corrected chi connectivity index (χ1v) is 12.0. The van der Waals surface area contributed by atoms with E-state index in [1.165, 1.54) is 11.1 Å². The van der Waals surface area contributed by atoms with Crippen molar-refractivity contribution in [1.29, 1.82) is 0 Å². The average Bonchev–Trinajstić information content (AvgIpc) is 3.48. The third-order valence-corrected chi connectivity index (χ3v) is 7.80. The average molecular weight is 463 g/mol. The van der Waals surface area contributed by atoms with Crippen molar-refractivity contribution < 1.29 is 24.2 Å². The van der Waals surface area contributed by atoms with Crippen LogP contribution in [0.25, 0.3) is 11.1 Å². The SMILES string of the molecule is CC(C)C(CNC(=O)OCC1c2ccccc2-c2ccccc21)C(=O)N1CC2CC1C2C(=O)O. The fourth-order valence-electron chi connectivity index (χ4n) is 5.90. The first-order valence-electron chi connectivity index (χ1n) is 12.0. The van der Waals surface area contributed by atoms with Gasteiger partial charge < -0.3 is 20.1 Å². The molecule has 0 spiro atoms. The number of rotatable bonds is 7. The van der Waals surface area contributed by atoms with E-state index in [1.807, 2.05) is 38.1 Å². The highest BCUT2D eigenvalue weighted by atomic mass is 16.5. The molecule has 2 amide bonds. The van der Waals surface area contributed by atoms with Gasteiger partial charge in [-0.05, 0) is 40.5 Å². The van der Waals surface area contributed by atoms with Crippen LogP contribution in [0.5, 0.6) is 0 Å². The van der Waals surface area contributed by atoms with Crippen LogP contribution in [0, 0.1) is 23.7 Å². The van der Waals surface area contributed by atoms with Crippen LogP contribution in [0.2, 0.25) is 0 Å². The Labute approximate surface area is 199 Å². The first kappa shape index (κ1) is 22.4. The van der Waals surface area contributed by atoms with Crippen LogP contribution in [0.4, 0.5) is 4.79 Å². The second-order valence-corrected chi connectivity index (χ2v) is 9.97. The maximum absolute atomic E-state index is 13.2. The molecule has 2 bridgehead atoms. The van der Waals surface area contributed by atoms with Gasteiger partial charge in [0.15, 0.2) is 0 Å². The van der Waals surface area contributed by atoms with Gasteiger partial charge in [0.05, 0.1) is 11.8 Å². The van der Waals surface area contributed by atoms with Gasteiger partial charge in [-0.1, -0.05) is 62.4 Å². The van der Waals surface area contributed by atoms with Crippen LogP contribution in [0.1, 0.15) is 37.3 Å². The summed E-state index contributed by atoms with van der Waals surface area (Å²) in [4.78, 5) is 38.9. The molecule has 7 nitrogen and oxygen atoms in total. The van der Waals surface area contributed by atoms with Gasteiger partial charge in [-0.15, -0.1) is 0 Å². The third kappa shape index (κ3) is 3.73. The largest absolute Gasteiger partial charge is 0.481 e. The molecule has 2 aromatic rings. The van der Waals surface area contributed by atoms with Gasteiger partial charge in [0.25, 0.3) is 0 Å². The zero-order valence-corrected chi connectivity index (χ0v) is 19.4. The molecule has 0 radical (unpaired) electrons. The van der Waals surface area contributed by atoms with Gasteiger partial charge in [-0.3, -0.25) is 9.59 Å². The Balaban J connectivity index is 1.19. The molecule has 2 aromatic carbocycles. The van der Waals surface area contributed by atoms with Gasteiger partial charge in [0.2, 0.25) is 5.91 Å². The molecule has 7 heteroatoms. The molecular weight excluding hydrogens is 432 g/mol. The van der Waals surface area contributed by atoms with Crippen LogP contribution in [0.3, 0.4) is 0 Å². The molecule has 2 N–H and O–H groups in total. The van der Waals surface area contributed by atoms with E-state index in [2.05, 4.69) is 29.6 Å². The molecule has 4 unspecified atom stereocenters. The number of carbonyl (C=O) groups excluding carboxylic acids is 2. The Morgan fingerprint density at radius 3 is 2.24 bits per heavy atom. The number of nitrogens with one attached hydrogen (secondary N) is 1. The number of alkyl carbamates (subject to hydrolysis) is 1. The van der Waals surface area contributed by atoms with E-state index in [9.17, 15) is 19.5 Å². The van der Waals surface area contributed by atoms with E-state index in [-0.39, 0.29) is 42.9 Å². The highest BCUT2D eigenvalue weighted by molar-refractivity contribution is 5.84. The topological polar surface area (TPSA) is 95.9 Å². The Hall–Kier alpha value is -3.35. The van der Waals surface area contributed by atoms with Crippen molar-refractivity contribution in [1.82, 2.24) is 10.2 Å². The van der Waals surface area contributed by atoms with Crippen molar-refractivity contribution in [3.8, 4) is 11.1 Å². The minimum Gasteiger partial charge on any atom is -0.481 e. The molecule has 34 heavy (non-hydrogen) atoms. The van der Waals surface area contributed by atoms with Crippen molar-refractivity contribution in [3.63, 3.8) is 0 Å². The van der Waals surface area contributed by atoms with Crippen molar-refractivity contribution in [2.45, 2.75) is 32.2 Å². The second-order valence-electron chi connectivity index (χ2n) is 9.97. The first-order chi connectivity index (χ1) is 16.4. The smallest absolute Gasteiger partial charge is 0.407 e. The van der Waals surface area contributed by atoms with Crippen molar-refractivity contribution in [2.24, 2.45) is 23.7 Å². The third-order valence-electron chi connectivity index (χ3n) is 7.80.